The second kappa shape index (κ2) is 5.48. The Balaban J connectivity index is 2.31. The van der Waals surface area contributed by atoms with Gasteiger partial charge in [-0.1, -0.05) is 35.4 Å². The van der Waals surface area contributed by atoms with Gasteiger partial charge in [0.15, 0.2) is 0 Å². The SMILES string of the molecule is Cc1ccc(C(NN)C2=CCCCC2)c(C)c1. The number of nitrogens with two attached hydrogens (primary N) is 1. The summed E-state index contributed by atoms with van der Waals surface area (Å²) in [6.07, 6.45) is 7.32. The number of benzene rings is 1. The molecular weight excluding hydrogens is 208 g/mol. The summed E-state index contributed by atoms with van der Waals surface area (Å²) in [4.78, 5) is 0. The molecule has 0 aromatic heterocycles. The lowest BCUT2D eigenvalue weighted by Crippen LogP contribution is -2.30. The fourth-order valence-electron chi connectivity index (χ4n) is 2.67. The van der Waals surface area contributed by atoms with Crippen LogP contribution in [0.15, 0.2) is 29.8 Å². The van der Waals surface area contributed by atoms with E-state index in [0.717, 1.165) is 0 Å². The molecule has 17 heavy (non-hydrogen) atoms. The molecule has 1 aromatic rings. The van der Waals surface area contributed by atoms with Crippen LogP contribution in [0.25, 0.3) is 0 Å². The van der Waals surface area contributed by atoms with Crippen molar-refractivity contribution in [3.63, 3.8) is 0 Å². The zero-order chi connectivity index (χ0) is 12.3. The number of nitrogens with one attached hydrogen (secondary N) is 1. The van der Waals surface area contributed by atoms with Crippen LogP contribution >= 0.6 is 0 Å². The molecule has 1 aliphatic rings. The maximum absolute atomic E-state index is 5.75. The molecule has 0 aliphatic heterocycles. The number of rotatable bonds is 3. The summed E-state index contributed by atoms with van der Waals surface area (Å²) in [7, 11) is 0. The van der Waals surface area contributed by atoms with Crippen molar-refractivity contribution in [2.75, 3.05) is 0 Å². The molecule has 1 unspecified atom stereocenters. The van der Waals surface area contributed by atoms with Crippen LogP contribution in [0.2, 0.25) is 0 Å². The maximum Gasteiger partial charge on any atom is 0.0672 e. The molecule has 1 aliphatic carbocycles. The van der Waals surface area contributed by atoms with Crippen molar-refractivity contribution in [3.05, 3.63) is 46.5 Å². The van der Waals surface area contributed by atoms with Crippen molar-refractivity contribution in [2.45, 2.75) is 45.6 Å². The molecule has 0 spiro atoms. The first-order chi connectivity index (χ1) is 8.22. The van der Waals surface area contributed by atoms with Crippen LogP contribution in [-0.2, 0) is 0 Å². The quantitative estimate of drug-likeness (QED) is 0.475. The van der Waals surface area contributed by atoms with Gasteiger partial charge in [-0.2, -0.15) is 0 Å². The van der Waals surface area contributed by atoms with Crippen molar-refractivity contribution < 1.29 is 0 Å². The van der Waals surface area contributed by atoms with E-state index in [4.69, 9.17) is 5.84 Å². The van der Waals surface area contributed by atoms with E-state index in [1.54, 1.807) is 0 Å². The smallest absolute Gasteiger partial charge is 0.0672 e. The summed E-state index contributed by atoms with van der Waals surface area (Å²) in [6.45, 7) is 4.29. The summed E-state index contributed by atoms with van der Waals surface area (Å²) >= 11 is 0. The van der Waals surface area contributed by atoms with Gasteiger partial charge in [-0.15, -0.1) is 0 Å². The molecule has 0 bridgehead atoms. The topological polar surface area (TPSA) is 38.0 Å². The minimum absolute atomic E-state index is 0.191. The Labute approximate surface area is 104 Å². The predicted octanol–water partition coefficient (Wildman–Crippen LogP) is 3.31. The molecule has 1 aromatic carbocycles. The van der Waals surface area contributed by atoms with E-state index in [-0.39, 0.29) is 6.04 Å². The molecule has 3 N–H and O–H groups in total. The summed E-state index contributed by atoms with van der Waals surface area (Å²) in [5.74, 6) is 5.75. The molecule has 0 amide bonds. The number of aryl methyl sites for hydroxylation is 2. The van der Waals surface area contributed by atoms with Crippen molar-refractivity contribution in [3.8, 4) is 0 Å². The molecule has 2 heteroatoms. The first-order valence-corrected chi connectivity index (χ1v) is 6.44. The third kappa shape index (κ3) is 2.76. The molecule has 2 nitrogen and oxygen atoms in total. The lowest BCUT2D eigenvalue weighted by Gasteiger charge is -2.24. The highest BCUT2D eigenvalue weighted by Gasteiger charge is 2.18. The lowest BCUT2D eigenvalue weighted by atomic mass is 9.88. The Morgan fingerprint density at radius 2 is 2.06 bits per heavy atom. The normalized spacial score (nSPS) is 17.7. The van der Waals surface area contributed by atoms with Gasteiger partial charge in [-0.05, 0) is 50.7 Å². The lowest BCUT2D eigenvalue weighted by molar-refractivity contribution is 0.564. The van der Waals surface area contributed by atoms with Crippen LogP contribution in [-0.4, -0.2) is 0 Å². The van der Waals surface area contributed by atoms with Gasteiger partial charge in [0.05, 0.1) is 6.04 Å². The van der Waals surface area contributed by atoms with Gasteiger partial charge in [0.25, 0.3) is 0 Å². The number of hydrazine groups is 1. The first-order valence-electron chi connectivity index (χ1n) is 6.44. The Bertz CT molecular complexity index is 421. The minimum atomic E-state index is 0.191. The highest BCUT2D eigenvalue weighted by atomic mass is 15.2. The predicted molar refractivity (Wildman–Crippen MR) is 72.5 cm³/mol. The standard InChI is InChI=1S/C15H22N2/c1-11-8-9-14(12(2)10-11)15(17-16)13-6-4-3-5-7-13/h6,8-10,15,17H,3-5,7,16H2,1-2H3. The van der Waals surface area contributed by atoms with Gasteiger partial charge in [-0.25, -0.2) is 5.43 Å². The Kier molecular flexibility index (Phi) is 3.97. The largest absolute Gasteiger partial charge is 0.271 e. The monoisotopic (exact) mass is 230 g/mol. The molecule has 0 saturated carbocycles. The Hall–Kier alpha value is -1.12. The van der Waals surface area contributed by atoms with Crippen molar-refractivity contribution in [1.29, 1.82) is 0 Å². The van der Waals surface area contributed by atoms with E-state index >= 15 is 0 Å². The maximum atomic E-state index is 5.75. The van der Waals surface area contributed by atoms with Gasteiger partial charge >= 0.3 is 0 Å². The summed E-state index contributed by atoms with van der Waals surface area (Å²) < 4.78 is 0. The molecule has 92 valence electrons. The summed E-state index contributed by atoms with van der Waals surface area (Å²) in [5.41, 5.74) is 8.37. The van der Waals surface area contributed by atoms with E-state index in [1.807, 2.05) is 0 Å². The highest BCUT2D eigenvalue weighted by Crippen LogP contribution is 2.31. The molecule has 0 fully saturated rings. The van der Waals surface area contributed by atoms with Crippen LogP contribution in [0.4, 0.5) is 0 Å². The molecular formula is C15H22N2. The van der Waals surface area contributed by atoms with Gasteiger partial charge in [0.1, 0.15) is 0 Å². The van der Waals surface area contributed by atoms with E-state index < -0.39 is 0 Å². The van der Waals surface area contributed by atoms with Crippen molar-refractivity contribution in [2.24, 2.45) is 5.84 Å². The Morgan fingerprint density at radius 3 is 2.65 bits per heavy atom. The van der Waals surface area contributed by atoms with E-state index in [1.165, 1.54) is 47.9 Å². The average Bonchev–Trinajstić information content (AvgIpc) is 2.34. The molecule has 1 atom stereocenters. The third-order valence-electron chi connectivity index (χ3n) is 3.60. The number of hydrogen-bond donors (Lipinski definition) is 2. The molecule has 0 heterocycles. The zero-order valence-corrected chi connectivity index (χ0v) is 10.8. The number of allylic oxidation sites excluding steroid dienone is 1. The van der Waals surface area contributed by atoms with Crippen molar-refractivity contribution in [1.82, 2.24) is 5.43 Å². The van der Waals surface area contributed by atoms with E-state index in [9.17, 15) is 0 Å². The van der Waals surface area contributed by atoms with Crippen molar-refractivity contribution >= 4 is 0 Å². The second-order valence-electron chi connectivity index (χ2n) is 4.98. The summed E-state index contributed by atoms with van der Waals surface area (Å²) in [6, 6.07) is 6.78. The second-order valence-corrected chi connectivity index (χ2v) is 4.98. The van der Waals surface area contributed by atoms with Gasteiger partial charge < -0.3 is 0 Å². The third-order valence-corrected chi connectivity index (χ3v) is 3.60. The van der Waals surface area contributed by atoms with E-state index in [0.29, 0.717) is 0 Å². The zero-order valence-electron chi connectivity index (χ0n) is 10.8. The van der Waals surface area contributed by atoms with Gasteiger partial charge in [-0.3, -0.25) is 5.84 Å². The average molecular weight is 230 g/mol. The van der Waals surface area contributed by atoms with E-state index in [2.05, 4.69) is 43.5 Å². The fraction of sp³-hybridized carbons (Fsp3) is 0.467. The number of hydrogen-bond acceptors (Lipinski definition) is 2. The minimum Gasteiger partial charge on any atom is -0.271 e. The molecule has 2 rings (SSSR count). The highest BCUT2D eigenvalue weighted by molar-refractivity contribution is 5.37. The summed E-state index contributed by atoms with van der Waals surface area (Å²) in [5, 5.41) is 0. The van der Waals surface area contributed by atoms with Crippen LogP contribution in [0.5, 0.6) is 0 Å². The first kappa shape index (κ1) is 12.3. The van der Waals surface area contributed by atoms with Crippen LogP contribution in [0, 0.1) is 13.8 Å². The fourth-order valence-corrected chi connectivity index (χ4v) is 2.67. The Morgan fingerprint density at radius 1 is 1.24 bits per heavy atom. The van der Waals surface area contributed by atoms with Crippen LogP contribution in [0.3, 0.4) is 0 Å². The van der Waals surface area contributed by atoms with Crippen LogP contribution in [0.1, 0.15) is 48.4 Å². The van der Waals surface area contributed by atoms with Crippen LogP contribution < -0.4 is 11.3 Å². The molecule has 0 saturated heterocycles. The van der Waals surface area contributed by atoms with Gasteiger partial charge in [0, 0.05) is 0 Å². The van der Waals surface area contributed by atoms with Gasteiger partial charge in [0.2, 0.25) is 0 Å². The molecule has 0 radical (unpaired) electrons.